The predicted molar refractivity (Wildman–Crippen MR) is 67.9 cm³/mol. The zero-order valence-electron chi connectivity index (χ0n) is 8.86. The highest BCUT2D eigenvalue weighted by atomic mass is 35.5. The molecule has 1 saturated carbocycles. The molecule has 0 unspecified atom stereocenters. The maximum atomic E-state index is 5.81. The van der Waals surface area contributed by atoms with E-state index >= 15 is 0 Å². The van der Waals surface area contributed by atoms with Gasteiger partial charge in [-0.25, -0.2) is 0 Å². The lowest BCUT2D eigenvalue weighted by Gasteiger charge is -2.31. The SMILES string of the molecule is Clc1ccc(N/N=C2/C[C@H]3C=CC[C@H]23)cc1. The summed E-state index contributed by atoms with van der Waals surface area (Å²) in [5.74, 6) is 1.42. The molecule has 0 aromatic heterocycles. The summed E-state index contributed by atoms with van der Waals surface area (Å²) in [7, 11) is 0. The van der Waals surface area contributed by atoms with Crippen LogP contribution in [0.4, 0.5) is 5.69 Å². The lowest BCUT2D eigenvalue weighted by Crippen LogP contribution is -2.33. The molecule has 0 radical (unpaired) electrons. The van der Waals surface area contributed by atoms with Gasteiger partial charge in [-0.2, -0.15) is 5.10 Å². The van der Waals surface area contributed by atoms with Crippen LogP contribution >= 0.6 is 11.6 Å². The minimum absolute atomic E-state index is 0.666. The normalized spacial score (nSPS) is 28.9. The van der Waals surface area contributed by atoms with Gasteiger partial charge >= 0.3 is 0 Å². The Morgan fingerprint density at radius 3 is 2.81 bits per heavy atom. The smallest absolute Gasteiger partial charge is 0.0562 e. The Hall–Kier alpha value is -1.28. The summed E-state index contributed by atoms with van der Waals surface area (Å²) in [6.07, 6.45) is 6.85. The molecule has 0 heterocycles. The van der Waals surface area contributed by atoms with Crippen LogP contribution in [-0.4, -0.2) is 5.71 Å². The largest absolute Gasteiger partial charge is 0.279 e. The average Bonchev–Trinajstić information content (AvgIpc) is 2.63. The molecule has 1 fully saturated rings. The van der Waals surface area contributed by atoms with Crippen LogP contribution in [0.2, 0.25) is 5.02 Å². The number of nitrogens with one attached hydrogen (secondary N) is 1. The fraction of sp³-hybridized carbons (Fsp3) is 0.308. The molecule has 2 atom stereocenters. The summed E-state index contributed by atoms with van der Waals surface area (Å²) in [5.41, 5.74) is 5.38. The van der Waals surface area contributed by atoms with E-state index in [4.69, 9.17) is 11.6 Å². The molecule has 1 aromatic rings. The maximum Gasteiger partial charge on any atom is 0.0562 e. The third-order valence-electron chi connectivity index (χ3n) is 3.34. The number of hydrazone groups is 1. The first-order valence-corrected chi connectivity index (χ1v) is 5.95. The van der Waals surface area contributed by atoms with Gasteiger partial charge in [-0.05, 0) is 43.0 Å². The van der Waals surface area contributed by atoms with E-state index in [1.165, 1.54) is 5.71 Å². The molecule has 3 rings (SSSR count). The van der Waals surface area contributed by atoms with E-state index < -0.39 is 0 Å². The molecule has 1 N–H and O–H groups in total. The van der Waals surface area contributed by atoms with E-state index in [1.54, 1.807) is 0 Å². The van der Waals surface area contributed by atoms with Gasteiger partial charge in [0.1, 0.15) is 0 Å². The van der Waals surface area contributed by atoms with Crippen molar-refractivity contribution in [3.63, 3.8) is 0 Å². The molecule has 0 amide bonds. The number of nitrogens with zero attached hydrogens (tertiary/aromatic N) is 1. The summed E-state index contributed by atoms with van der Waals surface area (Å²) in [6, 6.07) is 7.61. The molecule has 3 heteroatoms. The number of rotatable bonds is 2. The van der Waals surface area contributed by atoms with Gasteiger partial charge in [0, 0.05) is 16.7 Å². The van der Waals surface area contributed by atoms with Crippen molar-refractivity contribution in [2.24, 2.45) is 16.9 Å². The molecule has 0 bridgehead atoms. The highest BCUT2D eigenvalue weighted by Gasteiger charge is 2.37. The second-order valence-electron chi connectivity index (χ2n) is 4.36. The van der Waals surface area contributed by atoms with E-state index in [-0.39, 0.29) is 0 Å². The summed E-state index contributed by atoms with van der Waals surface area (Å²) in [6.45, 7) is 0. The molecular formula is C13H13ClN2. The van der Waals surface area contributed by atoms with Crippen molar-refractivity contribution < 1.29 is 0 Å². The summed E-state index contributed by atoms with van der Waals surface area (Å²) < 4.78 is 0. The van der Waals surface area contributed by atoms with Gasteiger partial charge in [0.25, 0.3) is 0 Å². The van der Waals surface area contributed by atoms with E-state index in [9.17, 15) is 0 Å². The van der Waals surface area contributed by atoms with E-state index in [1.807, 2.05) is 24.3 Å². The van der Waals surface area contributed by atoms with Crippen LogP contribution in [0.1, 0.15) is 12.8 Å². The molecule has 16 heavy (non-hydrogen) atoms. The number of anilines is 1. The highest BCUT2D eigenvalue weighted by Crippen LogP contribution is 2.40. The van der Waals surface area contributed by atoms with Gasteiger partial charge in [0.15, 0.2) is 0 Å². The number of fused-ring (bicyclic) bond motifs is 1. The van der Waals surface area contributed by atoms with Gasteiger partial charge < -0.3 is 0 Å². The Morgan fingerprint density at radius 1 is 1.25 bits per heavy atom. The van der Waals surface area contributed by atoms with E-state index in [0.29, 0.717) is 5.92 Å². The van der Waals surface area contributed by atoms with Crippen LogP contribution in [0.15, 0.2) is 41.5 Å². The monoisotopic (exact) mass is 232 g/mol. The molecule has 2 aliphatic rings. The Balaban J connectivity index is 1.64. The van der Waals surface area contributed by atoms with Crippen molar-refractivity contribution in [1.29, 1.82) is 0 Å². The van der Waals surface area contributed by atoms with Crippen LogP contribution in [-0.2, 0) is 0 Å². The maximum absolute atomic E-state index is 5.81. The molecule has 2 aliphatic carbocycles. The molecule has 1 aromatic carbocycles. The van der Waals surface area contributed by atoms with Crippen LogP contribution < -0.4 is 5.43 Å². The second kappa shape index (κ2) is 3.95. The van der Waals surface area contributed by atoms with E-state index in [2.05, 4.69) is 22.7 Å². The number of hydrogen-bond donors (Lipinski definition) is 1. The molecular weight excluding hydrogens is 220 g/mol. The number of benzene rings is 1. The summed E-state index contributed by atoms with van der Waals surface area (Å²) in [4.78, 5) is 0. The third kappa shape index (κ3) is 1.74. The van der Waals surface area contributed by atoms with Crippen LogP contribution in [0.25, 0.3) is 0 Å². The van der Waals surface area contributed by atoms with Crippen molar-refractivity contribution in [3.05, 3.63) is 41.4 Å². The zero-order chi connectivity index (χ0) is 11.0. The molecule has 2 nitrogen and oxygen atoms in total. The first-order valence-electron chi connectivity index (χ1n) is 5.57. The van der Waals surface area contributed by atoms with Gasteiger partial charge in [-0.3, -0.25) is 5.43 Å². The lowest BCUT2D eigenvalue weighted by atomic mass is 9.74. The van der Waals surface area contributed by atoms with Gasteiger partial charge in [-0.1, -0.05) is 23.8 Å². The van der Waals surface area contributed by atoms with Crippen LogP contribution in [0.3, 0.4) is 0 Å². The molecule has 82 valence electrons. The van der Waals surface area contributed by atoms with Crippen LogP contribution in [0.5, 0.6) is 0 Å². The minimum atomic E-state index is 0.666. The van der Waals surface area contributed by atoms with Crippen molar-refractivity contribution >= 4 is 23.0 Å². The fourth-order valence-corrected chi connectivity index (χ4v) is 2.45. The van der Waals surface area contributed by atoms with Crippen molar-refractivity contribution in [1.82, 2.24) is 0 Å². The van der Waals surface area contributed by atoms with Gasteiger partial charge in [-0.15, -0.1) is 0 Å². The first-order chi connectivity index (χ1) is 7.83. The Labute approximate surface area is 100 Å². The number of allylic oxidation sites excluding steroid dienone is 2. The molecule has 0 spiro atoms. The minimum Gasteiger partial charge on any atom is -0.279 e. The van der Waals surface area contributed by atoms with Gasteiger partial charge in [0.05, 0.1) is 5.69 Å². The average molecular weight is 233 g/mol. The number of hydrogen-bond acceptors (Lipinski definition) is 2. The summed E-state index contributed by atoms with van der Waals surface area (Å²) in [5, 5.41) is 5.21. The lowest BCUT2D eigenvalue weighted by molar-refractivity contribution is 0.466. The van der Waals surface area contributed by atoms with Crippen molar-refractivity contribution in [3.8, 4) is 0 Å². The zero-order valence-corrected chi connectivity index (χ0v) is 9.61. The van der Waals surface area contributed by atoms with Crippen LogP contribution in [0, 0.1) is 11.8 Å². The first kappa shape index (κ1) is 9.91. The van der Waals surface area contributed by atoms with Gasteiger partial charge in [0.2, 0.25) is 0 Å². The Bertz CT molecular complexity index is 448. The highest BCUT2D eigenvalue weighted by molar-refractivity contribution is 6.30. The van der Waals surface area contributed by atoms with Crippen molar-refractivity contribution in [2.75, 3.05) is 5.43 Å². The fourth-order valence-electron chi connectivity index (χ4n) is 2.32. The summed E-state index contributed by atoms with van der Waals surface area (Å²) >= 11 is 5.81. The molecule has 0 aliphatic heterocycles. The number of halogens is 1. The quantitative estimate of drug-likeness (QED) is 0.610. The standard InChI is InChI=1S/C13H13ClN2/c14-10-4-6-11(7-5-10)15-16-13-8-9-2-1-3-12(9)13/h1-2,4-7,9,12,15H,3,8H2/b16-13-/t9-,12+/m1/s1. The predicted octanol–water partition coefficient (Wildman–Crippen LogP) is 3.70. The van der Waals surface area contributed by atoms with E-state index in [0.717, 1.165) is 29.5 Å². The topological polar surface area (TPSA) is 24.4 Å². The molecule has 0 saturated heterocycles. The Kier molecular flexibility index (Phi) is 2.44. The third-order valence-corrected chi connectivity index (χ3v) is 3.59. The Morgan fingerprint density at radius 2 is 2.06 bits per heavy atom. The van der Waals surface area contributed by atoms with Crippen molar-refractivity contribution in [2.45, 2.75) is 12.8 Å². The second-order valence-corrected chi connectivity index (χ2v) is 4.80.